The predicted molar refractivity (Wildman–Crippen MR) is 81.2 cm³/mol. The summed E-state index contributed by atoms with van der Waals surface area (Å²) < 4.78 is 0. The first kappa shape index (κ1) is 15.3. The van der Waals surface area contributed by atoms with Gasteiger partial charge in [0.25, 0.3) is 0 Å². The fraction of sp³-hybridized carbons (Fsp3) is 1.00. The molecule has 112 valence electrons. The molecule has 0 spiro atoms. The van der Waals surface area contributed by atoms with Gasteiger partial charge in [-0.05, 0) is 62.7 Å². The van der Waals surface area contributed by atoms with Gasteiger partial charge in [-0.1, -0.05) is 27.2 Å². The predicted octanol–water partition coefficient (Wildman–Crippen LogP) is 3.73. The smallest absolute Gasteiger partial charge is 0.0771 e. The van der Waals surface area contributed by atoms with Gasteiger partial charge in [0.15, 0.2) is 0 Å². The maximum Gasteiger partial charge on any atom is 0.0771 e. The third-order valence-corrected chi connectivity index (χ3v) is 5.74. The Balaban J connectivity index is 1.75. The second kappa shape index (κ2) is 6.58. The molecule has 2 nitrogen and oxygen atoms in total. The lowest BCUT2D eigenvalue weighted by Gasteiger charge is -2.39. The van der Waals surface area contributed by atoms with Crippen molar-refractivity contribution in [3.63, 3.8) is 0 Å². The highest BCUT2D eigenvalue weighted by Gasteiger charge is 2.34. The van der Waals surface area contributed by atoms with Gasteiger partial charge >= 0.3 is 0 Å². The summed E-state index contributed by atoms with van der Waals surface area (Å²) in [7, 11) is 0. The summed E-state index contributed by atoms with van der Waals surface area (Å²) in [6.07, 6.45) is 9.67. The summed E-state index contributed by atoms with van der Waals surface area (Å²) in [5, 5.41) is 14.4. The molecular weight excluding hydrogens is 234 g/mol. The van der Waals surface area contributed by atoms with Crippen molar-refractivity contribution >= 4 is 0 Å². The summed E-state index contributed by atoms with van der Waals surface area (Å²) >= 11 is 0. The summed E-state index contributed by atoms with van der Waals surface area (Å²) in [5.74, 6) is 2.50. The van der Waals surface area contributed by atoms with Crippen LogP contribution in [-0.2, 0) is 0 Å². The SMILES string of the molecule is CCC1CCC(O)(CNC2CCC(C)CC2C)CC1. The zero-order valence-corrected chi connectivity index (χ0v) is 13.1. The van der Waals surface area contributed by atoms with E-state index in [1.54, 1.807) is 0 Å². The molecule has 0 amide bonds. The number of rotatable bonds is 4. The molecular formula is C17H33NO. The van der Waals surface area contributed by atoms with Crippen LogP contribution in [0.4, 0.5) is 0 Å². The first-order valence-electron chi connectivity index (χ1n) is 8.48. The van der Waals surface area contributed by atoms with Gasteiger partial charge in [0.2, 0.25) is 0 Å². The van der Waals surface area contributed by atoms with Crippen LogP contribution in [0.5, 0.6) is 0 Å². The molecule has 2 aliphatic rings. The molecule has 0 radical (unpaired) electrons. The molecule has 2 aliphatic carbocycles. The van der Waals surface area contributed by atoms with Gasteiger partial charge in [-0.3, -0.25) is 0 Å². The highest BCUT2D eigenvalue weighted by atomic mass is 16.3. The Hall–Kier alpha value is -0.0800. The van der Waals surface area contributed by atoms with E-state index in [1.807, 2.05) is 0 Å². The van der Waals surface area contributed by atoms with E-state index in [-0.39, 0.29) is 0 Å². The summed E-state index contributed by atoms with van der Waals surface area (Å²) in [5.41, 5.74) is -0.422. The first-order valence-corrected chi connectivity index (χ1v) is 8.48. The van der Waals surface area contributed by atoms with Gasteiger partial charge in [-0.2, -0.15) is 0 Å². The third-order valence-electron chi connectivity index (χ3n) is 5.74. The Labute approximate surface area is 119 Å². The van der Waals surface area contributed by atoms with E-state index in [0.29, 0.717) is 6.04 Å². The molecule has 19 heavy (non-hydrogen) atoms. The van der Waals surface area contributed by atoms with Gasteiger partial charge in [0.1, 0.15) is 0 Å². The lowest BCUT2D eigenvalue weighted by molar-refractivity contribution is -0.0134. The van der Waals surface area contributed by atoms with Gasteiger partial charge in [-0.15, -0.1) is 0 Å². The second-order valence-corrected chi connectivity index (χ2v) is 7.46. The van der Waals surface area contributed by atoms with Gasteiger partial charge < -0.3 is 10.4 Å². The Morgan fingerprint density at radius 2 is 1.79 bits per heavy atom. The summed E-state index contributed by atoms with van der Waals surface area (Å²) in [4.78, 5) is 0. The highest BCUT2D eigenvalue weighted by molar-refractivity contribution is 4.90. The van der Waals surface area contributed by atoms with Crippen LogP contribution in [0.2, 0.25) is 0 Å². The minimum Gasteiger partial charge on any atom is -0.389 e. The molecule has 2 rings (SSSR count). The van der Waals surface area contributed by atoms with E-state index in [9.17, 15) is 5.11 Å². The second-order valence-electron chi connectivity index (χ2n) is 7.46. The number of hydrogen-bond acceptors (Lipinski definition) is 2. The fourth-order valence-corrected chi connectivity index (χ4v) is 4.09. The molecule has 0 aromatic rings. The minimum atomic E-state index is -0.422. The molecule has 0 saturated heterocycles. The summed E-state index contributed by atoms with van der Waals surface area (Å²) in [6, 6.07) is 0.629. The molecule has 3 unspecified atom stereocenters. The van der Waals surface area contributed by atoms with Crippen molar-refractivity contribution in [2.24, 2.45) is 17.8 Å². The van der Waals surface area contributed by atoms with Crippen molar-refractivity contribution in [3.05, 3.63) is 0 Å². The van der Waals surface area contributed by atoms with Gasteiger partial charge in [0, 0.05) is 12.6 Å². The number of hydrogen-bond donors (Lipinski definition) is 2. The van der Waals surface area contributed by atoms with Crippen molar-refractivity contribution in [2.75, 3.05) is 6.54 Å². The third kappa shape index (κ3) is 4.19. The van der Waals surface area contributed by atoms with E-state index in [4.69, 9.17) is 0 Å². The van der Waals surface area contributed by atoms with Crippen LogP contribution in [0.3, 0.4) is 0 Å². The van der Waals surface area contributed by atoms with Crippen LogP contribution < -0.4 is 5.32 Å². The number of nitrogens with one attached hydrogen (secondary N) is 1. The van der Waals surface area contributed by atoms with Crippen molar-refractivity contribution < 1.29 is 5.11 Å². The van der Waals surface area contributed by atoms with Gasteiger partial charge in [-0.25, -0.2) is 0 Å². The van der Waals surface area contributed by atoms with Crippen LogP contribution in [0.15, 0.2) is 0 Å². The lowest BCUT2D eigenvalue weighted by Crippen LogP contribution is -2.49. The molecule has 2 saturated carbocycles. The minimum absolute atomic E-state index is 0.422. The van der Waals surface area contributed by atoms with E-state index in [0.717, 1.165) is 37.1 Å². The highest BCUT2D eigenvalue weighted by Crippen LogP contribution is 2.34. The van der Waals surface area contributed by atoms with Crippen LogP contribution >= 0.6 is 0 Å². The normalized spacial score (nSPS) is 44.2. The van der Waals surface area contributed by atoms with E-state index >= 15 is 0 Å². The molecule has 0 aliphatic heterocycles. The Morgan fingerprint density at radius 1 is 1.11 bits per heavy atom. The van der Waals surface area contributed by atoms with Crippen molar-refractivity contribution in [1.82, 2.24) is 5.32 Å². The Bertz CT molecular complexity index is 270. The van der Waals surface area contributed by atoms with E-state index in [1.165, 1.54) is 38.5 Å². The van der Waals surface area contributed by atoms with Crippen LogP contribution in [0.25, 0.3) is 0 Å². The largest absolute Gasteiger partial charge is 0.389 e. The standard InChI is InChI=1S/C17H33NO/c1-4-15-7-9-17(19,10-8-15)12-18-16-6-5-13(2)11-14(16)3/h13-16,18-19H,4-12H2,1-3H3. The zero-order chi connectivity index (χ0) is 13.9. The molecule has 2 N–H and O–H groups in total. The molecule has 0 bridgehead atoms. The molecule has 0 heterocycles. The maximum atomic E-state index is 10.7. The fourth-order valence-electron chi connectivity index (χ4n) is 4.09. The molecule has 0 aromatic heterocycles. The van der Waals surface area contributed by atoms with E-state index in [2.05, 4.69) is 26.1 Å². The maximum absolute atomic E-state index is 10.7. The average molecular weight is 267 g/mol. The Kier molecular flexibility index (Phi) is 5.30. The van der Waals surface area contributed by atoms with Crippen LogP contribution in [0.1, 0.15) is 72.1 Å². The first-order chi connectivity index (χ1) is 9.02. The lowest BCUT2D eigenvalue weighted by atomic mass is 9.76. The average Bonchev–Trinajstić information content (AvgIpc) is 2.39. The van der Waals surface area contributed by atoms with Crippen LogP contribution in [-0.4, -0.2) is 23.3 Å². The van der Waals surface area contributed by atoms with E-state index < -0.39 is 5.60 Å². The van der Waals surface area contributed by atoms with Crippen molar-refractivity contribution in [1.29, 1.82) is 0 Å². The Morgan fingerprint density at radius 3 is 2.37 bits per heavy atom. The summed E-state index contributed by atoms with van der Waals surface area (Å²) in [6.45, 7) is 7.82. The monoisotopic (exact) mass is 267 g/mol. The molecule has 0 aromatic carbocycles. The zero-order valence-electron chi connectivity index (χ0n) is 13.1. The van der Waals surface area contributed by atoms with Crippen LogP contribution in [0, 0.1) is 17.8 Å². The van der Waals surface area contributed by atoms with Crippen molar-refractivity contribution in [2.45, 2.75) is 83.8 Å². The topological polar surface area (TPSA) is 32.3 Å². The number of aliphatic hydroxyl groups is 1. The van der Waals surface area contributed by atoms with Crippen molar-refractivity contribution in [3.8, 4) is 0 Å². The molecule has 2 fully saturated rings. The molecule has 3 atom stereocenters. The van der Waals surface area contributed by atoms with Gasteiger partial charge in [0.05, 0.1) is 5.60 Å². The quantitative estimate of drug-likeness (QED) is 0.813. The molecule has 2 heteroatoms.